The molecule has 0 aromatic carbocycles. The van der Waals surface area contributed by atoms with Crippen molar-refractivity contribution in [2.45, 2.75) is 0 Å². The van der Waals surface area contributed by atoms with Crippen molar-refractivity contribution >= 4 is 11.4 Å². The van der Waals surface area contributed by atoms with Crippen molar-refractivity contribution in [3.8, 4) is 5.82 Å². The van der Waals surface area contributed by atoms with Gasteiger partial charge in [-0.1, -0.05) is 0 Å². The lowest BCUT2D eigenvalue weighted by molar-refractivity contribution is -0.385. The molecule has 0 spiro atoms. The highest BCUT2D eigenvalue weighted by atomic mass is 16.6. The molecule has 0 amide bonds. The van der Waals surface area contributed by atoms with Crippen LogP contribution in [0.3, 0.4) is 0 Å². The van der Waals surface area contributed by atoms with E-state index in [4.69, 9.17) is 5.73 Å². The number of hydrogen-bond donors (Lipinski definition) is 1. The summed E-state index contributed by atoms with van der Waals surface area (Å²) in [5, 5.41) is 10.6. The Kier molecular flexibility index (Phi) is 2.57. The van der Waals surface area contributed by atoms with Gasteiger partial charge in [-0.2, -0.15) is 0 Å². The van der Waals surface area contributed by atoms with Crippen LogP contribution in [0, 0.1) is 10.1 Å². The number of nitro groups is 1. The molecule has 7 nitrogen and oxygen atoms in total. The molecule has 0 aliphatic carbocycles. The lowest BCUT2D eigenvalue weighted by Crippen LogP contribution is -2.17. The van der Waals surface area contributed by atoms with Gasteiger partial charge >= 0.3 is 0 Å². The Balaban J connectivity index is 2.58. The van der Waals surface area contributed by atoms with Crippen LogP contribution < -0.4 is 11.3 Å². The van der Waals surface area contributed by atoms with Crippen LogP contribution >= 0.6 is 0 Å². The van der Waals surface area contributed by atoms with Gasteiger partial charge in [-0.05, 0) is 12.1 Å². The van der Waals surface area contributed by atoms with E-state index in [2.05, 4.69) is 4.98 Å². The van der Waals surface area contributed by atoms with Gasteiger partial charge < -0.3 is 5.73 Å². The van der Waals surface area contributed by atoms with Crippen LogP contribution in [-0.2, 0) is 0 Å². The SMILES string of the molecule is Nc1ccc(-n2cc([N+](=O)[O-])ccc2=O)nc1. The van der Waals surface area contributed by atoms with Crippen molar-refractivity contribution in [1.29, 1.82) is 0 Å². The number of anilines is 1. The van der Waals surface area contributed by atoms with Gasteiger partial charge in [-0.25, -0.2) is 4.98 Å². The van der Waals surface area contributed by atoms with Crippen molar-refractivity contribution in [2.75, 3.05) is 5.73 Å². The van der Waals surface area contributed by atoms with Gasteiger partial charge in [0.2, 0.25) is 0 Å². The highest BCUT2D eigenvalue weighted by molar-refractivity contribution is 5.40. The molecule has 0 aliphatic rings. The molecule has 0 bridgehead atoms. The first kappa shape index (κ1) is 10.8. The van der Waals surface area contributed by atoms with Crippen molar-refractivity contribution < 1.29 is 4.92 Å². The predicted octanol–water partition coefficient (Wildman–Crippen LogP) is 0.723. The van der Waals surface area contributed by atoms with Crippen molar-refractivity contribution in [1.82, 2.24) is 9.55 Å². The Hall–Kier alpha value is -2.70. The Labute approximate surface area is 95.3 Å². The van der Waals surface area contributed by atoms with Gasteiger partial charge in [0.15, 0.2) is 0 Å². The number of hydrogen-bond acceptors (Lipinski definition) is 5. The molecule has 2 aromatic rings. The lowest BCUT2D eigenvalue weighted by atomic mass is 10.4. The van der Waals surface area contributed by atoms with E-state index < -0.39 is 10.5 Å². The molecule has 86 valence electrons. The second-order valence-electron chi connectivity index (χ2n) is 3.30. The molecular formula is C10H8N4O3. The molecule has 0 fully saturated rings. The fourth-order valence-electron chi connectivity index (χ4n) is 1.30. The fraction of sp³-hybridized carbons (Fsp3) is 0. The van der Waals surface area contributed by atoms with E-state index >= 15 is 0 Å². The van der Waals surface area contributed by atoms with E-state index in [9.17, 15) is 14.9 Å². The Morgan fingerprint density at radius 2 is 2.06 bits per heavy atom. The lowest BCUT2D eigenvalue weighted by Gasteiger charge is -2.03. The van der Waals surface area contributed by atoms with E-state index in [0.29, 0.717) is 5.69 Å². The average molecular weight is 232 g/mol. The van der Waals surface area contributed by atoms with Gasteiger partial charge in [0.05, 0.1) is 23.0 Å². The van der Waals surface area contributed by atoms with Gasteiger partial charge in [-0.15, -0.1) is 0 Å². The third-order valence-corrected chi connectivity index (χ3v) is 2.12. The van der Waals surface area contributed by atoms with E-state index in [1.807, 2.05) is 0 Å². The maximum Gasteiger partial charge on any atom is 0.286 e. The first-order valence-electron chi connectivity index (χ1n) is 4.67. The van der Waals surface area contributed by atoms with Crippen LogP contribution in [-0.4, -0.2) is 14.5 Å². The van der Waals surface area contributed by atoms with Crippen LogP contribution in [0.2, 0.25) is 0 Å². The fourth-order valence-corrected chi connectivity index (χ4v) is 1.30. The topological polar surface area (TPSA) is 104 Å². The largest absolute Gasteiger partial charge is 0.397 e. The van der Waals surface area contributed by atoms with Crippen molar-refractivity contribution in [3.05, 3.63) is 57.1 Å². The number of nitrogens with zero attached hydrogens (tertiary/aromatic N) is 3. The normalized spacial score (nSPS) is 10.1. The number of rotatable bonds is 2. The maximum atomic E-state index is 11.5. The first-order valence-corrected chi connectivity index (χ1v) is 4.67. The summed E-state index contributed by atoms with van der Waals surface area (Å²) in [5.74, 6) is 0.285. The maximum absolute atomic E-state index is 11.5. The number of nitrogen functional groups attached to an aromatic ring is 1. The van der Waals surface area contributed by atoms with E-state index in [0.717, 1.165) is 22.9 Å². The van der Waals surface area contributed by atoms with Crippen molar-refractivity contribution in [3.63, 3.8) is 0 Å². The molecule has 0 saturated carbocycles. The Morgan fingerprint density at radius 3 is 2.65 bits per heavy atom. The summed E-state index contributed by atoms with van der Waals surface area (Å²) in [4.78, 5) is 25.5. The van der Waals surface area contributed by atoms with Crippen LogP contribution in [0.15, 0.2) is 41.5 Å². The summed E-state index contributed by atoms with van der Waals surface area (Å²) in [7, 11) is 0. The third-order valence-electron chi connectivity index (χ3n) is 2.12. The monoisotopic (exact) mass is 232 g/mol. The minimum atomic E-state index is -0.576. The molecule has 0 atom stereocenters. The molecule has 2 heterocycles. The number of nitrogens with two attached hydrogens (primary N) is 1. The molecule has 2 N–H and O–H groups in total. The zero-order valence-electron chi connectivity index (χ0n) is 8.61. The second kappa shape index (κ2) is 4.05. The Bertz CT molecular complexity index is 618. The second-order valence-corrected chi connectivity index (χ2v) is 3.30. The van der Waals surface area contributed by atoms with E-state index in [-0.39, 0.29) is 11.5 Å². The molecule has 0 radical (unpaired) electrons. The van der Waals surface area contributed by atoms with Crippen LogP contribution in [0.1, 0.15) is 0 Å². The summed E-state index contributed by atoms with van der Waals surface area (Å²) < 4.78 is 1.09. The molecule has 0 aliphatic heterocycles. The predicted molar refractivity (Wildman–Crippen MR) is 60.9 cm³/mol. The zero-order valence-corrected chi connectivity index (χ0v) is 8.61. The van der Waals surface area contributed by atoms with E-state index in [1.165, 1.54) is 12.3 Å². The van der Waals surface area contributed by atoms with Gasteiger partial charge in [-0.3, -0.25) is 19.5 Å². The minimum absolute atomic E-state index is 0.178. The molecular weight excluding hydrogens is 224 g/mol. The summed E-state index contributed by atoms with van der Waals surface area (Å²) in [6.07, 6.45) is 2.50. The minimum Gasteiger partial charge on any atom is -0.397 e. The number of pyridine rings is 2. The summed E-state index contributed by atoms with van der Waals surface area (Å²) >= 11 is 0. The molecule has 0 unspecified atom stereocenters. The molecule has 2 rings (SSSR count). The molecule has 0 saturated heterocycles. The quantitative estimate of drug-likeness (QED) is 0.606. The third kappa shape index (κ3) is 2.12. The standard InChI is InChI=1S/C10H8N4O3/c11-7-1-3-9(12-5-7)13-6-8(14(16)17)2-4-10(13)15/h1-6H,11H2. The summed E-state index contributed by atoms with van der Waals surface area (Å²) in [6.45, 7) is 0. The first-order chi connectivity index (χ1) is 8.08. The summed E-state index contributed by atoms with van der Waals surface area (Å²) in [5.41, 5.74) is 5.34. The highest BCUT2D eigenvalue weighted by Gasteiger charge is 2.09. The van der Waals surface area contributed by atoms with Gasteiger partial charge in [0.25, 0.3) is 11.2 Å². The van der Waals surface area contributed by atoms with Crippen LogP contribution in [0.5, 0.6) is 0 Å². The van der Waals surface area contributed by atoms with Crippen LogP contribution in [0.4, 0.5) is 11.4 Å². The molecule has 17 heavy (non-hydrogen) atoms. The number of aromatic nitrogens is 2. The van der Waals surface area contributed by atoms with Gasteiger partial charge in [0.1, 0.15) is 5.82 Å². The zero-order chi connectivity index (χ0) is 12.4. The Morgan fingerprint density at radius 1 is 1.29 bits per heavy atom. The molecule has 7 heteroatoms. The van der Waals surface area contributed by atoms with Crippen LogP contribution in [0.25, 0.3) is 5.82 Å². The van der Waals surface area contributed by atoms with Crippen molar-refractivity contribution in [2.24, 2.45) is 0 Å². The average Bonchev–Trinajstić information content (AvgIpc) is 2.31. The van der Waals surface area contributed by atoms with E-state index in [1.54, 1.807) is 6.07 Å². The van der Waals surface area contributed by atoms with Gasteiger partial charge in [0, 0.05) is 12.1 Å². The molecule has 2 aromatic heterocycles. The smallest absolute Gasteiger partial charge is 0.286 e. The highest BCUT2D eigenvalue weighted by Crippen LogP contribution is 2.10. The summed E-state index contributed by atoms with van der Waals surface area (Å²) in [6, 6.07) is 5.35.